The molecule has 0 amide bonds. The largest absolute Gasteiger partial charge is 1.00 e. The van der Waals surface area contributed by atoms with Gasteiger partial charge in [0.05, 0.1) is 6.10 Å². The van der Waals surface area contributed by atoms with Crippen LogP contribution in [0.3, 0.4) is 0 Å². The molecular weight excluding hydrogens is 203 g/mol. The molecule has 0 aromatic rings. The Morgan fingerprint density at radius 2 is 2.15 bits per heavy atom. The molecule has 4 nitrogen and oxygen atoms in total. The first-order valence-electron chi connectivity index (χ1n) is 3.66. The van der Waals surface area contributed by atoms with Crippen molar-refractivity contribution in [2.45, 2.75) is 31.8 Å². The Labute approximate surface area is 103 Å². The van der Waals surface area contributed by atoms with Gasteiger partial charge in [-0.15, -0.1) is 6.58 Å². The number of rotatable bonds is 5. The van der Waals surface area contributed by atoms with Gasteiger partial charge in [0.1, 0.15) is 0 Å². The second kappa shape index (κ2) is 6.98. The van der Waals surface area contributed by atoms with Crippen molar-refractivity contribution >= 4 is 10.1 Å². The molecule has 0 aromatic carbocycles. The van der Waals surface area contributed by atoms with Crippen molar-refractivity contribution in [3.8, 4) is 0 Å². The van der Waals surface area contributed by atoms with Crippen LogP contribution in [-0.2, 0) is 14.3 Å². The summed E-state index contributed by atoms with van der Waals surface area (Å²) >= 11 is 0. The van der Waals surface area contributed by atoms with Crippen LogP contribution in [-0.4, -0.2) is 25.1 Å². The van der Waals surface area contributed by atoms with Crippen LogP contribution in [0.25, 0.3) is 0 Å². The maximum atomic E-state index is 11.0. The van der Waals surface area contributed by atoms with Gasteiger partial charge in [-0.3, -0.25) is 4.18 Å². The predicted molar refractivity (Wildman–Crippen MR) is 47.1 cm³/mol. The summed E-state index contributed by atoms with van der Waals surface area (Å²) in [4.78, 5) is 0. The van der Waals surface area contributed by atoms with Crippen LogP contribution in [0, 0.1) is 0 Å². The number of aliphatic hydroxyl groups excluding tert-OH is 1. The molecule has 0 fully saturated rings. The van der Waals surface area contributed by atoms with Gasteiger partial charge in [0.2, 0.25) is 0 Å². The molecule has 0 aliphatic heterocycles. The zero-order valence-electron chi connectivity index (χ0n) is 9.23. The van der Waals surface area contributed by atoms with Crippen LogP contribution in [0.5, 0.6) is 0 Å². The summed E-state index contributed by atoms with van der Waals surface area (Å²) in [5.41, 5.74) is -1.44. The summed E-state index contributed by atoms with van der Waals surface area (Å²) in [7, 11) is -3.84. The van der Waals surface area contributed by atoms with Crippen LogP contribution in [0.4, 0.5) is 0 Å². The van der Waals surface area contributed by atoms with Crippen molar-refractivity contribution in [2.75, 3.05) is 0 Å². The van der Waals surface area contributed by atoms with Crippen molar-refractivity contribution < 1.29 is 48.7 Å². The molecule has 0 radical (unpaired) electrons. The van der Waals surface area contributed by atoms with Gasteiger partial charge in [-0.2, -0.15) is 8.42 Å². The minimum Gasteiger partial charge on any atom is -1.00 e. The summed E-state index contributed by atoms with van der Waals surface area (Å²) in [6.45, 7) is 6.45. The minimum atomic E-state index is -3.84. The maximum absolute atomic E-state index is 11.0. The first-order chi connectivity index (χ1) is 5.44. The first kappa shape index (κ1) is 16.1. The molecule has 0 saturated heterocycles. The van der Waals surface area contributed by atoms with E-state index in [1.54, 1.807) is 6.92 Å². The fraction of sp³-hybridized carbons (Fsp3) is 0.714. The van der Waals surface area contributed by atoms with Gasteiger partial charge in [-0.25, -0.2) is 0 Å². The van der Waals surface area contributed by atoms with Crippen molar-refractivity contribution in [1.29, 1.82) is 0 Å². The zero-order valence-corrected chi connectivity index (χ0v) is 11.0. The van der Waals surface area contributed by atoms with Gasteiger partial charge in [0.15, 0.2) is 5.44 Å². The van der Waals surface area contributed by atoms with Crippen LogP contribution < -0.4 is 29.6 Å². The van der Waals surface area contributed by atoms with Crippen LogP contribution in [0.2, 0.25) is 0 Å². The Bertz CT molecular complexity index is 242. The second-order valence-corrected chi connectivity index (χ2v) is 4.11. The van der Waals surface area contributed by atoms with E-state index in [0.29, 0.717) is 0 Å². The molecule has 0 aliphatic rings. The quantitative estimate of drug-likeness (QED) is 0.322. The molecule has 0 aliphatic carbocycles. The Hall–Kier alpha value is 0.610. The first-order valence-corrected chi connectivity index (χ1v) is 5.14. The molecule has 2 atom stereocenters. The Morgan fingerprint density at radius 1 is 1.69 bits per heavy atom. The average molecular weight is 218 g/mol. The Morgan fingerprint density at radius 3 is 2.46 bits per heavy atom. The molecule has 1 N–H and O–H groups in total. The van der Waals surface area contributed by atoms with Gasteiger partial charge in [-0.05, 0) is 13.3 Å². The van der Waals surface area contributed by atoms with Gasteiger partial charge in [0.25, 0.3) is 10.1 Å². The summed E-state index contributed by atoms with van der Waals surface area (Å²) < 4.78 is 26.6. The Balaban J connectivity index is -0.000000605. The smallest absolute Gasteiger partial charge is 1.00 e. The van der Waals surface area contributed by atoms with E-state index >= 15 is 0 Å². The molecule has 0 saturated carbocycles. The van der Waals surface area contributed by atoms with E-state index in [-0.39, 0.29) is 37.4 Å². The molecule has 0 heterocycles. The van der Waals surface area contributed by atoms with Crippen molar-refractivity contribution in [3.63, 3.8) is 0 Å². The SMILES string of the molecule is C=CC(C)OS(=O)(=O)C(O)CC.[H-].[Na+]. The van der Waals surface area contributed by atoms with Crippen LogP contribution in [0.1, 0.15) is 21.7 Å². The molecule has 0 aromatic heterocycles. The minimum absolute atomic E-state index is 0. The molecule has 0 spiro atoms. The molecule has 6 heteroatoms. The van der Waals surface area contributed by atoms with E-state index in [1.807, 2.05) is 0 Å². The molecule has 74 valence electrons. The van der Waals surface area contributed by atoms with Crippen molar-refractivity contribution in [2.24, 2.45) is 0 Å². The number of hydrogen-bond acceptors (Lipinski definition) is 4. The van der Waals surface area contributed by atoms with Crippen molar-refractivity contribution in [1.82, 2.24) is 0 Å². The summed E-state index contributed by atoms with van der Waals surface area (Å²) in [6, 6.07) is 0. The molecule has 0 rings (SSSR count). The van der Waals surface area contributed by atoms with Crippen LogP contribution >= 0.6 is 0 Å². The van der Waals surface area contributed by atoms with Gasteiger partial charge in [-0.1, -0.05) is 13.0 Å². The number of aliphatic hydroxyl groups is 1. The molecule has 0 bridgehead atoms. The topological polar surface area (TPSA) is 63.6 Å². The predicted octanol–water partition coefficient (Wildman–Crippen LogP) is -2.25. The zero-order chi connectivity index (χ0) is 9.78. The molecular formula is C7H15NaO4S. The normalized spacial score (nSPS) is 15.6. The second-order valence-electron chi connectivity index (χ2n) is 2.39. The van der Waals surface area contributed by atoms with Gasteiger partial charge in [0, 0.05) is 0 Å². The summed E-state index contributed by atoms with van der Waals surface area (Å²) in [5, 5.41) is 8.98. The Kier molecular flexibility index (Phi) is 8.61. The number of hydrogen-bond donors (Lipinski definition) is 1. The third kappa shape index (κ3) is 5.83. The molecule has 13 heavy (non-hydrogen) atoms. The van der Waals surface area contributed by atoms with E-state index in [0.717, 1.165) is 0 Å². The third-order valence-corrected chi connectivity index (χ3v) is 2.87. The van der Waals surface area contributed by atoms with E-state index in [2.05, 4.69) is 10.8 Å². The van der Waals surface area contributed by atoms with E-state index < -0.39 is 21.7 Å². The fourth-order valence-electron chi connectivity index (χ4n) is 0.519. The maximum Gasteiger partial charge on any atom is 1.00 e. The molecule has 2 unspecified atom stereocenters. The van der Waals surface area contributed by atoms with Crippen LogP contribution in [0.15, 0.2) is 12.7 Å². The van der Waals surface area contributed by atoms with Gasteiger partial charge < -0.3 is 6.53 Å². The van der Waals surface area contributed by atoms with Gasteiger partial charge >= 0.3 is 29.6 Å². The third-order valence-electron chi connectivity index (χ3n) is 1.30. The summed E-state index contributed by atoms with van der Waals surface area (Å²) in [6.07, 6.45) is 0.864. The monoisotopic (exact) mass is 218 g/mol. The summed E-state index contributed by atoms with van der Waals surface area (Å²) in [5.74, 6) is 0. The van der Waals surface area contributed by atoms with E-state index in [4.69, 9.17) is 5.11 Å². The van der Waals surface area contributed by atoms with E-state index in [9.17, 15) is 8.42 Å². The standard InChI is InChI=1S/C7H14O4S.Na.H/c1-4-6(3)11-12(9,10)7(8)5-2;;/h4,6-8H,1,5H2,2-3H3;;/q;+1;-1. The van der Waals surface area contributed by atoms with Crippen molar-refractivity contribution in [3.05, 3.63) is 12.7 Å². The van der Waals surface area contributed by atoms with E-state index in [1.165, 1.54) is 13.0 Å². The average Bonchev–Trinajstić information content (AvgIpc) is 2.02. The fourth-order valence-corrected chi connectivity index (χ4v) is 1.56.